The van der Waals surface area contributed by atoms with Crippen LogP contribution in [0.1, 0.15) is 200 Å². The number of hydrogen-bond donors (Lipinski definition) is 5. The third-order valence-electron chi connectivity index (χ3n) is 14.1. The van der Waals surface area contributed by atoms with Crippen LogP contribution in [0.25, 0.3) is 11.2 Å². The number of hydrogen-bond acceptors (Lipinski definition) is 22. The van der Waals surface area contributed by atoms with Crippen molar-refractivity contribution in [1.82, 2.24) is 30.2 Å². The van der Waals surface area contributed by atoms with Crippen molar-refractivity contribution < 1.29 is 80.5 Å². The molecule has 7 atom stereocenters. The molecule has 0 saturated carbocycles. The van der Waals surface area contributed by atoms with Crippen LogP contribution in [0, 0.1) is 5.41 Å². The van der Waals surface area contributed by atoms with Crippen LogP contribution in [0.3, 0.4) is 0 Å². The zero-order valence-electron chi connectivity index (χ0n) is 51.1. The standard InChI is InChI=1S/C59H100N7O17P3S/c1-4-5-6-7-8-9-10-11-12-13-14-15-16-17-18-19-20-21-22-23-24-25-26-27-28-29-30-31-32-33-34-35-36-37-38-39-50(68)87-43-42-61-49(67)40-41-62-57(71)54(70)59(2,3)45-80-86(77,78)83-85(75,76)79-44-48-53(82-84(72,73)74)52(69)58(81-48)66-47-65-51-55(60)63-46-64-56(51)66/h5-6,8-9,11-12,14-15,17-18,46-48,52-54,58,69-70H,4,7,10,13,16,19-45H2,1-3H3,(H,61,67)(H,62,71)(H,75,76)(H,77,78)(H2,60,63,64)(H2,72,73,74)/p-4/b6-5-,9-8-,12-11-,15-14-,18-17-/t48-,52-,53-,54+,58-/m1/s1. The maximum absolute atomic E-state index is 12.7. The molecule has 3 heterocycles. The number of phosphoric ester groups is 3. The van der Waals surface area contributed by atoms with Crippen molar-refractivity contribution >= 4 is 69.1 Å². The number of carbonyl (C=O) groups excluding carboxylic acids is 3. The molecule has 28 heteroatoms. The highest BCUT2D eigenvalue weighted by Gasteiger charge is 2.47. The number of anilines is 1. The minimum Gasteiger partial charge on any atom is -0.790 e. The van der Waals surface area contributed by atoms with Gasteiger partial charge in [0, 0.05) is 37.1 Å². The number of nitrogens with one attached hydrogen (secondary N) is 2. The number of allylic oxidation sites excluding steroid dienone is 10. The Bertz CT molecular complexity index is 2600. The van der Waals surface area contributed by atoms with E-state index in [4.69, 9.17) is 10.5 Å². The first-order valence-electron chi connectivity index (χ1n) is 30.8. The Kier molecular flexibility index (Phi) is 39.1. The Labute approximate surface area is 518 Å². The van der Waals surface area contributed by atoms with Gasteiger partial charge in [-0.2, -0.15) is 0 Å². The summed E-state index contributed by atoms with van der Waals surface area (Å²) < 4.78 is 61.1. The monoisotopic (exact) mass is 1300 g/mol. The first kappa shape index (κ1) is 77.5. The van der Waals surface area contributed by atoms with E-state index in [1.807, 2.05) is 0 Å². The van der Waals surface area contributed by atoms with E-state index in [0.717, 1.165) is 80.4 Å². The molecule has 6 N–H and O–H groups in total. The topological polar surface area (TPSA) is 375 Å². The highest BCUT2D eigenvalue weighted by molar-refractivity contribution is 8.13. The molecule has 2 aromatic rings. The van der Waals surface area contributed by atoms with Gasteiger partial charge in [0.25, 0.3) is 15.6 Å². The normalized spacial score (nSPS) is 18.7. The maximum atomic E-state index is 12.7. The lowest BCUT2D eigenvalue weighted by atomic mass is 9.87. The SMILES string of the molecule is CC/C=C\C/C=C\C/C=C\C/C=C\C/C=C\CCCCCCCCCCCCCCCCCCCCCC(=O)SCCNC(=O)CCNC(=O)[C@H](O)C(C)(C)COP(=O)([O-])OP(=O)([O-])OC[C@H]1O[C@@H](n2cnc3c(N)ncnc32)[C@H](O)[C@@H]1OP(=O)([O-])[O-]. The summed E-state index contributed by atoms with van der Waals surface area (Å²) in [5, 5.41) is 26.6. The van der Waals surface area contributed by atoms with E-state index in [0.29, 0.717) is 12.2 Å². The highest BCUT2D eigenvalue weighted by atomic mass is 32.2. The predicted molar refractivity (Wildman–Crippen MR) is 330 cm³/mol. The molecular formula is C59H96N7O17P3S-4. The number of aliphatic hydroxyl groups is 2. The van der Waals surface area contributed by atoms with Crippen molar-refractivity contribution in [2.24, 2.45) is 5.41 Å². The molecule has 0 aromatic carbocycles. The van der Waals surface area contributed by atoms with Gasteiger partial charge in [-0.1, -0.05) is 202 Å². The molecule has 1 saturated heterocycles. The molecular weight excluding hydrogens is 1200 g/mol. The van der Waals surface area contributed by atoms with Crippen LogP contribution in [0.2, 0.25) is 0 Å². The van der Waals surface area contributed by atoms with E-state index >= 15 is 0 Å². The quantitative estimate of drug-likeness (QED) is 0.0234. The maximum Gasteiger partial charge on any atom is 0.274 e. The Morgan fingerprint density at radius 1 is 0.713 bits per heavy atom. The molecule has 24 nitrogen and oxygen atoms in total. The van der Waals surface area contributed by atoms with Crippen LogP contribution >= 0.6 is 35.2 Å². The third kappa shape index (κ3) is 34.9. The van der Waals surface area contributed by atoms with E-state index in [9.17, 15) is 57.9 Å². The second kappa shape index (κ2) is 43.9. The Balaban J connectivity index is 1.11. The number of ether oxygens (including phenoxy) is 1. The molecule has 2 aromatic heterocycles. The van der Waals surface area contributed by atoms with Gasteiger partial charge in [0.05, 0.1) is 27.4 Å². The summed E-state index contributed by atoms with van der Waals surface area (Å²) in [5.74, 6) is -1.13. The summed E-state index contributed by atoms with van der Waals surface area (Å²) in [6.07, 6.45) is 45.8. The van der Waals surface area contributed by atoms with Gasteiger partial charge in [-0.25, -0.2) is 19.3 Å². The molecule has 0 radical (unpaired) electrons. The Morgan fingerprint density at radius 2 is 1.22 bits per heavy atom. The first-order valence-corrected chi connectivity index (χ1v) is 36.1. The minimum atomic E-state index is -5.93. The first-order chi connectivity index (χ1) is 41.6. The fourth-order valence-corrected chi connectivity index (χ4v) is 12.7. The highest BCUT2D eigenvalue weighted by Crippen LogP contribution is 2.56. The van der Waals surface area contributed by atoms with Crippen molar-refractivity contribution in [3.63, 3.8) is 0 Å². The molecule has 1 aliphatic rings. The Morgan fingerprint density at radius 3 is 1.76 bits per heavy atom. The zero-order valence-corrected chi connectivity index (χ0v) is 54.6. The number of thioether (sulfide) groups is 1. The van der Waals surface area contributed by atoms with Crippen LogP contribution in [0.5, 0.6) is 0 Å². The number of imidazole rings is 1. The molecule has 0 spiro atoms. The van der Waals surface area contributed by atoms with Crippen molar-refractivity contribution in [3.8, 4) is 0 Å². The van der Waals surface area contributed by atoms with E-state index in [1.165, 1.54) is 123 Å². The van der Waals surface area contributed by atoms with E-state index in [-0.39, 0.29) is 41.6 Å². The molecule has 1 fully saturated rings. The van der Waals surface area contributed by atoms with Gasteiger partial charge in [0.1, 0.15) is 36.3 Å². The molecule has 1 aliphatic heterocycles. The van der Waals surface area contributed by atoms with Crippen molar-refractivity contribution in [3.05, 3.63) is 73.4 Å². The summed E-state index contributed by atoms with van der Waals surface area (Å²) in [7, 11) is -17.6. The van der Waals surface area contributed by atoms with Crippen molar-refractivity contribution in [2.75, 3.05) is 37.8 Å². The number of aliphatic hydroxyl groups excluding tert-OH is 2. The number of rotatable bonds is 50. The molecule has 494 valence electrons. The smallest absolute Gasteiger partial charge is 0.274 e. The molecule has 0 aliphatic carbocycles. The lowest BCUT2D eigenvalue weighted by Crippen LogP contribution is -2.46. The van der Waals surface area contributed by atoms with E-state index in [2.05, 4.69) is 111 Å². The van der Waals surface area contributed by atoms with Crippen molar-refractivity contribution in [1.29, 1.82) is 0 Å². The summed E-state index contributed by atoms with van der Waals surface area (Å²) in [6, 6.07) is 0. The van der Waals surface area contributed by atoms with Gasteiger partial charge in [-0.05, 0) is 51.4 Å². The van der Waals surface area contributed by atoms with Gasteiger partial charge in [-0.15, -0.1) is 0 Å². The lowest BCUT2D eigenvalue weighted by molar-refractivity contribution is -0.347. The van der Waals surface area contributed by atoms with Gasteiger partial charge >= 0.3 is 0 Å². The molecule has 0 bridgehead atoms. The second-order valence-corrected chi connectivity index (χ2v) is 27.4. The minimum absolute atomic E-state index is 0.0182. The average molecular weight is 1300 g/mol. The number of fused-ring (bicyclic) bond motifs is 1. The largest absolute Gasteiger partial charge is 0.790 e. The summed E-state index contributed by atoms with van der Waals surface area (Å²) >= 11 is 1.15. The van der Waals surface area contributed by atoms with Gasteiger partial charge in [0.2, 0.25) is 11.8 Å². The average Bonchev–Trinajstić information content (AvgIpc) is 1.70. The second-order valence-electron chi connectivity index (χ2n) is 22.2. The van der Waals surface area contributed by atoms with Crippen molar-refractivity contribution in [2.45, 2.75) is 225 Å². The molecule has 2 amide bonds. The van der Waals surface area contributed by atoms with Gasteiger partial charge in [-0.3, -0.25) is 28.1 Å². The third-order valence-corrected chi connectivity index (χ3v) is 18.1. The number of carbonyl (C=O) groups is 3. The molecule has 3 rings (SSSR count). The molecule has 87 heavy (non-hydrogen) atoms. The van der Waals surface area contributed by atoms with Gasteiger partial charge in [0.15, 0.2) is 22.8 Å². The zero-order chi connectivity index (χ0) is 63.8. The fourth-order valence-electron chi connectivity index (χ4n) is 9.25. The van der Waals surface area contributed by atoms with E-state index < -0.39 is 84.6 Å². The van der Waals surface area contributed by atoms with Gasteiger partial charge < -0.3 is 69.0 Å². The van der Waals surface area contributed by atoms with Crippen LogP contribution < -0.4 is 35.9 Å². The number of phosphoric acid groups is 3. The number of aromatic nitrogens is 4. The summed E-state index contributed by atoms with van der Waals surface area (Å²) in [6.45, 7) is 2.34. The number of amides is 2. The van der Waals surface area contributed by atoms with Crippen LogP contribution in [0.4, 0.5) is 5.82 Å². The summed E-state index contributed by atoms with van der Waals surface area (Å²) in [4.78, 5) is 97.4. The Hall–Kier alpha value is -3.74. The number of nitrogens with zero attached hydrogens (tertiary/aromatic N) is 4. The lowest BCUT2D eigenvalue weighted by Gasteiger charge is -2.36. The van der Waals surface area contributed by atoms with Crippen LogP contribution in [-0.2, 0) is 50.7 Å². The number of nitrogen functional groups attached to an aromatic ring is 1. The predicted octanol–water partition coefficient (Wildman–Crippen LogP) is 9.08. The number of nitrogens with two attached hydrogens (primary N) is 1. The molecule has 2 unspecified atom stereocenters. The van der Waals surface area contributed by atoms with Crippen LogP contribution in [-0.4, -0.2) is 103 Å². The van der Waals surface area contributed by atoms with Crippen LogP contribution in [0.15, 0.2) is 73.4 Å². The number of unbranched alkanes of at least 4 members (excludes halogenated alkanes) is 19. The summed E-state index contributed by atoms with van der Waals surface area (Å²) in [5.41, 5.74) is 4.11. The van der Waals surface area contributed by atoms with E-state index in [1.54, 1.807) is 0 Å². The fraction of sp³-hybridized carbons (Fsp3) is 0.695.